The highest BCUT2D eigenvalue weighted by Crippen LogP contribution is 2.41. The molecule has 2 aliphatic rings. The number of amides is 2. The third-order valence-electron chi connectivity index (χ3n) is 5.66. The second-order valence-electron chi connectivity index (χ2n) is 8.00. The first-order valence-corrected chi connectivity index (χ1v) is 13.6. The van der Waals surface area contributed by atoms with E-state index in [1.807, 2.05) is 30.3 Å². The molecule has 0 saturated carbocycles. The average molecular weight is 538 g/mol. The zero-order valence-electron chi connectivity index (χ0n) is 18.6. The number of thioether (sulfide) groups is 2. The Labute approximate surface area is 218 Å². The lowest BCUT2D eigenvalue weighted by molar-refractivity contribution is -0.150. The quantitative estimate of drug-likeness (QED) is 0.349. The van der Waals surface area contributed by atoms with Crippen molar-refractivity contribution in [3.8, 4) is 0 Å². The van der Waals surface area contributed by atoms with Crippen LogP contribution in [-0.4, -0.2) is 49.9 Å². The minimum absolute atomic E-state index is 0.0810. The fraction of sp³-hybridized carbons (Fsp3) is 0.160. The van der Waals surface area contributed by atoms with Crippen molar-refractivity contribution in [2.45, 2.75) is 22.0 Å². The van der Waals surface area contributed by atoms with Gasteiger partial charge in [0.2, 0.25) is 5.91 Å². The number of hydrogen-bond donors (Lipinski definition) is 2. The SMILES string of the molecule is O=C(Cc1ccccc1)NC1C(=O)N2C(C(=O)O)=C(C=CSc3cc(=O)c4cccnc4s3)CS[C@H]12. The van der Waals surface area contributed by atoms with Gasteiger partial charge in [-0.25, -0.2) is 9.78 Å². The van der Waals surface area contributed by atoms with Crippen LogP contribution in [0.3, 0.4) is 0 Å². The van der Waals surface area contributed by atoms with Crippen LogP contribution >= 0.6 is 34.9 Å². The minimum Gasteiger partial charge on any atom is -0.477 e. The van der Waals surface area contributed by atoms with E-state index in [2.05, 4.69) is 10.3 Å². The van der Waals surface area contributed by atoms with Crippen molar-refractivity contribution >= 4 is 62.9 Å². The molecule has 11 heteroatoms. The lowest BCUT2D eigenvalue weighted by Gasteiger charge is -2.49. The van der Waals surface area contributed by atoms with Gasteiger partial charge in [-0.15, -0.1) is 23.1 Å². The number of β-lactam (4-membered cyclic amide) rings is 1. The third kappa shape index (κ3) is 4.81. The van der Waals surface area contributed by atoms with Crippen molar-refractivity contribution in [2.75, 3.05) is 5.75 Å². The Morgan fingerprint density at radius 2 is 2.00 bits per heavy atom. The van der Waals surface area contributed by atoms with Gasteiger partial charge in [0.15, 0.2) is 5.43 Å². The number of pyridine rings is 1. The molecule has 2 N–H and O–H groups in total. The lowest BCUT2D eigenvalue weighted by Crippen LogP contribution is -2.70. The van der Waals surface area contributed by atoms with Crippen LogP contribution in [0, 0.1) is 0 Å². The van der Waals surface area contributed by atoms with Gasteiger partial charge in [-0.2, -0.15) is 0 Å². The number of carboxylic acids is 1. The second-order valence-corrected chi connectivity index (χ2v) is 11.3. The van der Waals surface area contributed by atoms with Crippen molar-refractivity contribution < 1.29 is 19.5 Å². The number of carboxylic acid groups (broad SMARTS) is 1. The summed E-state index contributed by atoms with van der Waals surface area (Å²) in [6, 6.07) is 13.4. The molecule has 36 heavy (non-hydrogen) atoms. The van der Waals surface area contributed by atoms with Gasteiger partial charge in [-0.3, -0.25) is 19.3 Å². The summed E-state index contributed by atoms with van der Waals surface area (Å²) in [5, 5.41) is 14.4. The fourth-order valence-electron chi connectivity index (χ4n) is 3.99. The number of carbonyl (C=O) groups excluding carboxylic acids is 2. The Balaban J connectivity index is 1.29. The van der Waals surface area contributed by atoms with Crippen molar-refractivity contribution in [3.05, 3.63) is 93.3 Å². The van der Waals surface area contributed by atoms with Crippen molar-refractivity contribution in [3.63, 3.8) is 0 Å². The Kier molecular flexibility index (Phi) is 6.95. The maximum atomic E-state index is 12.8. The molecule has 0 radical (unpaired) electrons. The predicted octanol–water partition coefficient (Wildman–Crippen LogP) is 3.24. The maximum absolute atomic E-state index is 12.8. The molecule has 0 bridgehead atoms. The number of nitrogens with one attached hydrogen (secondary N) is 1. The Morgan fingerprint density at radius 1 is 1.19 bits per heavy atom. The van der Waals surface area contributed by atoms with Gasteiger partial charge in [0.05, 0.1) is 16.0 Å². The van der Waals surface area contributed by atoms with Gasteiger partial charge >= 0.3 is 5.97 Å². The van der Waals surface area contributed by atoms with Crippen LogP contribution in [0.15, 0.2) is 86.5 Å². The molecule has 1 aromatic carbocycles. The van der Waals surface area contributed by atoms with Crippen LogP contribution in [0.5, 0.6) is 0 Å². The molecule has 0 aliphatic carbocycles. The normalized spacial score (nSPS) is 19.3. The second kappa shape index (κ2) is 10.3. The molecule has 1 saturated heterocycles. The van der Waals surface area contributed by atoms with E-state index >= 15 is 0 Å². The van der Waals surface area contributed by atoms with E-state index in [4.69, 9.17) is 0 Å². The van der Waals surface area contributed by atoms with Gasteiger partial charge in [0, 0.05) is 18.0 Å². The number of nitrogens with zero attached hydrogens (tertiary/aromatic N) is 2. The molecule has 5 rings (SSSR count). The van der Waals surface area contributed by atoms with E-state index in [1.54, 1.807) is 29.8 Å². The smallest absolute Gasteiger partial charge is 0.352 e. The number of aromatic nitrogens is 1. The molecule has 182 valence electrons. The van der Waals surface area contributed by atoms with Crippen molar-refractivity contribution in [2.24, 2.45) is 0 Å². The van der Waals surface area contributed by atoms with Gasteiger partial charge in [0.25, 0.3) is 5.91 Å². The molecule has 3 aromatic rings. The first kappa shape index (κ1) is 24.3. The summed E-state index contributed by atoms with van der Waals surface area (Å²) < 4.78 is 0.725. The molecule has 1 fully saturated rings. The summed E-state index contributed by atoms with van der Waals surface area (Å²) in [6.45, 7) is 0. The molecule has 8 nitrogen and oxygen atoms in total. The standard InChI is InChI=1S/C25H19N3O5S3/c29-17-12-19(36-22-16(17)7-4-9-26-22)34-10-8-15-13-35-24-20(23(31)28(24)21(15)25(32)33)27-18(30)11-14-5-2-1-3-6-14/h1-10,12,20,24H,11,13H2,(H,27,30)(H,32,33)/t20?,24-/m1/s1. The molecule has 4 heterocycles. The molecule has 1 unspecified atom stereocenters. The van der Waals surface area contributed by atoms with Crippen LogP contribution in [0.1, 0.15) is 5.56 Å². The molecule has 0 spiro atoms. The molecular weight excluding hydrogens is 518 g/mol. The van der Waals surface area contributed by atoms with E-state index in [-0.39, 0.29) is 23.5 Å². The summed E-state index contributed by atoms with van der Waals surface area (Å²) in [6.07, 6.45) is 3.43. The third-order valence-corrected chi connectivity index (χ3v) is 8.96. The zero-order valence-corrected chi connectivity index (χ0v) is 21.1. The summed E-state index contributed by atoms with van der Waals surface area (Å²) in [5.74, 6) is -1.56. The van der Waals surface area contributed by atoms with E-state index < -0.39 is 23.3 Å². The van der Waals surface area contributed by atoms with E-state index in [9.17, 15) is 24.3 Å². The predicted molar refractivity (Wildman–Crippen MR) is 141 cm³/mol. The van der Waals surface area contributed by atoms with E-state index in [0.29, 0.717) is 21.5 Å². The number of hydrogen-bond acceptors (Lipinski definition) is 8. The number of fused-ring (bicyclic) bond motifs is 2. The Bertz CT molecular complexity index is 1490. The van der Waals surface area contributed by atoms with E-state index in [0.717, 1.165) is 9.77 Å². The molecular formula is C25H19N3O5S3. The van der Waals surface area contributed by atoms with Crippen LogP contribution in [0.4, 0.5) is 0 Å². The highest BCUT2D eigenvalue weighted by atomic mass is 32.2. The fourth-order valence-corrected chi connectivity index (χ4v) is 7.19. The van der Waals surface area contributed by atoms with Crippen molar-refractivity contribution in [1.82, 2.24) is 15.2 Å². The number of rotatable bonds is 7. The number of aliphatic carboxylic acids is 1. The zero-order chi connectivity index (χ0) is 25.2. The number of benzene rings is 1. The molecule has 2 atom stereocenters. The Hall–Kier alpha value is -3.41. The minimum atomic E-state index is -1.20. The summed E-state index contributed by atoms with van der Waals surface area (Å²) in [7, 11) is 0. The summed E-state index contributed by atoms with van der Waals surface area (Å²) in [5.41, 5.74) is 1.12. The summed E-state index contributed by atoms with van der Waals surface area (Å²) >= 11 is 4.06. The first-order chi connectivity index (χ1) is 17.4. The van der Waals surface area contributed by atoms with Crippen LogP contribution in [0.25, 0.3) is 10.2 Å². The molecule has 2 aromatic heterocycles. The van der Waals surface area contributed by atoms with Crippen LogP contribution in [0.2, 0.25) is 0 Å². The molecule has 2 aliphatic heterocycles. The maximum Gasteiger partial charge on any atom is 0.352 e. The van der Waals surface area contributed by atoms with E-state index in [1.165, 1.54) is 45.8 Å². The van der Waals surface area contributed by atoms with Gasteiger partial charge in [0.1, 0.15) is 21.9 Å². The van der Waals surface area contributed by atoms with Crippen LogP contribution < -0.4 is 10.7 Å². The van der Waals surface area contributed by atoms with Gasteiger partial charge in [-0.05, 0) is 34.8 Å². The van der Waals surface area contributed by atoms with Crippen LogP contribution in [-0.2, 0) is 20.8 Å². The summed E-state index contributed by atoms with van der Waals surface area (Å²) in [4.78, 5) is 55.7. The monoisotopic (exact) mass is 537 g/mol. The molecule has 2 amide bonds. The highest BCUT2D eigenvalue weighted by molar-refractivity contribution is 8.04. The van der Waals surface area contributed by atoms with Gasteiger partial charge in [-0.1, -0.05) is 42.1 Å². The Morgan fingerprint density at radius 3 is 2.78 bits per heavy atom. The average Bonchev–Trinajstić information content (AvgIpc) is 2.87. The largest absolute Gasteiger partial charge is 0.477 e. The topological polar surface area (TPSA) is 117 Å². The van der Waals surface area contributed by atoms with Crippen molar-refractivity contribution in [1.29, 1.82) is 0 Å². The number of carbonyl (C=O) groups is 3. The number of allylic oxidation sites excluding steroid dienone is 1. The highest BCUT2D eigenvalue weighted by Gasteiger charge is 2.53. The van der Waals surface area contributed by atoms with Gasteiger partial charge < -0.3 is 10.4 Å². The first-order valence-electron chi connectivity index (χ1n) is 10.9. The lowest BCUT2D eigenvalue weighted by atomic mass is 10.0.